The third kappa shape index (κ3) is 3.21. The SMILES string of the molecule is Cn1cnc(-c2ccc(C3=CCN(C(=O)CI)CC3)cc2)n1. The summed E-state index contributed by atoms with van der Waals surface area (Å²) in [6, 6.07) is 8.31. The van der Waals surface area contributed by atoms with Crippen molar-refractivity contribution in [1.29, 1.82) is 0 Å². The smallest absolute Gasteiger partial charge is 0.232 e. The summed E-state index contributed by atoms with van der Waals surface area (Å²) in [7, 11) is 1.86. The summed E-state index contributed by atoms with van der Waals surface area (Å²) >= 11 is 2.12. The van der Waals surface area contributed by atoms with Crippen molar-refractivity contribution in [3.8, 4) is 11.4 Å². The van der Waals surface area contributed by atoms with Crippen LogP contribution in [0.4, 0.5) is 0 Å². The Bertz CT molecular complexity index is 705. The third-order valence-electron chi connectivity index (χ3n) is 3.79. The molecule has 2 heterocycles. The molecule has 1 aliphatic rings. The monoisotopic (exact) mass is 408 g/mol. The van der Waals surface area contributed by atoms with Crippen molar-refractivity contribution in [3.05, 3.63) is 42.2 Å². The average molecular weight is 408 g/mol. The molecule has 0 radical (unpaired) electrons. The van der Waals surface area contributed by atoms with Gasteiger partial charge in [0.25, 0.3) is 0 Å². The second-order valence-electron chi connectivity index (χ2n) is 5.27. The summed E-state index contributed by atoms with van der Waals surface area (Å²) in [5.41, 5.74) is 3.53. The molecule has 0 fully saturated rings. The highest BCUT2D eigenvalue weighted by Gasteiger charge is 2.16. The molecular formula is C16H17IN4O. The van der Waals surface area contributed by atoms with Gasteiger partial charge in [-0.05, 0) is 17.6 Å². The van der Waals surface area contributed by atoms with Gasteiger partial charge < -0.3 is 4.90 Å². The molecule has 0 N–H and O–H groups in total. The van der Waals surface area contributed by atoms with Gasteiger partial charge in [0.2, 0.25) is 5.91 Å². The summed E-state index contributed by atoms with van der Waals surface area (Å²) in [5.74, 6) is 0.956. The average Bonchev–Trinajstić information content (AvgIpc) is 3.01. The molecule has 0 spiro atoms. The molecule has 0 unspecified atom stereocenters. The van der Waals surface area contributed by atoms with Gasteiger partial charge in [-0.2, -0.15) is 5.10 Å². The molecule has 0 atom stereocenters. The number of carbonyl (C=O) groups is 1. The van der Waals surface area contributed by atoms with E-state index in [0.29, 0.717) is 11.0 Å². The van der Waals surface area contributed by atoms with Gasteiger partial charge in [-0.3, -0.25) is 9.48 Å². The van der Waals surface area contributed by atoms with E-state index in [9.17, 15) is 4.79 Å². The molecule has 0 aliphatic carbocycles. The van der Waals surface area contributed by atoms with E-state index in [1.807, 2.05) is 24.1 Å². The van der Waals surface area contributed by atoms with E-state index in [1.54, 1.807) is 11.0 Å². The first-order valence-corrected chi connectivity index (χ1v) is 8.69. The van der Waals surface area contributed by atoms with Gasteiger partial charge in [-0.1, -0.05) is 52.9 Å². The van der Waals surface area contributed by atoms with Crippen LogP contribution in [0, 0.1) is 0 Å². The number of nitrogens with zero attached hydrogens (tertiary/aromatic N) is 4. The minimum absolute atomic E-state index is 0.215. The number of carbonyl (C=O) groups excluding carboxylic acids is 1. The molecule has 3 rings (SSSR count). The normalized spacial score (nSPS) is 14.8. The summed E-state index contributed by atoms with van der Waals surface area (Å²) in [6.07, 6.45) is 4.76. The number of alkyl halides is 1. The molecule has 114 valence electrons. The van der Waals surface area contributed by atoms with Crippen LogP contribution in [0.1, 0.15) is 12.0 Å². The van der Waals surface area contributed by atoms with Crippen molar-refractivity contribution in [2.45, 2.75) is 6.42 Å². The zero-order valence-electron chi connectivity index (χ0n) is 12.4. The van der Waals surface area contributed by atoms with E-state index >= 15 is 0 Å². The van der Waals surface area contributed by atoms with E-state index in [4.69, 9.17) is 0 Å². The van der Waals surface area contributed by atoms with Crippen LogP contribution in [0.25, 0.3) is 17.0 Å². The number of benzene rings is 1. The number of halogens is 1. The van der Waals surface area contributed by atoms with Gasteiger partial charge in [-0.25, -0.2) is 4.98 Å². The largest absolute Gasteiger partial charge is 0.338 e. The molecule has 1 amide bonds. The number of aromatic nitrogens is 3. The Hall–Kier alpha value is -1.70. The molecule has 5 nitrogen and oxygen atoms in total. The molecule has 1 aromatic carbocycles. The lowest BCUT2D eigenvalue weighted by molar-refractivity contribution is -0.127. The Labute approximate surface area is 143 Å². The van der Waals surface area contributed by atoms with Crippen molar-refractivity contribution in [2.24, 2.45) is 7.05 Å². The molecule has 1 aromatic heterocycles. The highest BCUT2D eigenvalue weighted by molar-refractivity contribution is 14.1. The summed E-state index contributed by atoms with van der Waals surface area (Å²) in [5, 5.41) is 4.31. The Balaban J connectivity index is 1.74. The van der Waals surface area contributed by atoms with Crippen LogP contribution in [0.2, 0.25) is 0 Å². The Morgan fingerprint density at radius 2 is 2.00 bits per heavy atom. The first kappa shape index (κ1) is 15.2. The van der Waals surface area contributed by atoms with Crippen LogP contribution in [-0.4, -0.2) is 43.1 Å². The maximum Gasteiger partial charge on any atom is 0.232 e. The van der Waals surface area contributed by atoms with Gasteiger partial charge in [0.1, 0.15) is 6.33 Å². The predicted molar refractivity (Wildman–Crippen MR) is 94.5 cm³/mol. The molecule has 2 aromatic rings. The van der Waals surface area contributed by atoms with Crippen LogP contribution in [-0.2, 0) is 11.8 Å². The maximum absolute atomic E-state index is 11.7. The van der Waals surface area contributed by atoms with Crippen molar-refractivity contribution in [1.82, 2.24) is 19.7 Å². The zero-order chi connectivity index (χ0) is 15.5. The maximum atomic E-state index is 11.7. The van der Waals surface area contributed by atoms with Gasteiger partial charge in [-0.15, -0.1) is 0 Å². The summed E-state index contributed by atoms with van der Waals surface area (Å²) in [4.78, 5) is 17.9. The number of hydrogen-bond acceptors (Lipinski definition) is 3. The van der Waals surface area contributed by atoms with Crippen LogP contribution in [0.5, 0.6) is 0 Å². The van der Waals surface area contributed by atoms with Crippen LogP contribution < -0.4 is 0 Å². The standard InChI is InChI=1S/C16H17IN4O/c1-20-11-18-16(19-20)14-4-2-12(3-5-14)13-6-8-21(9-7-13)15(22)10-17/h2-6,11H,7-10H2,1H3. The predicted octanol–water partition coefficient (Wildman–Crippen LogP) is 2.53. The molecule has 6 heteroatoms. The second-order valence-corrected chi connectivity index (χ2v) is 6.03. The van der Waals surface area contributed by atoms with Crippen LogP contribution in [0.15, 0.2) is 36.7 Å². The molecule has 0 saturated carbocycles. The third-order valence-corrected chi connectivity index (χ3v) is 4.44. The number of aryl methyl sites for hydroxylation is 1. The zero-order valence-corrected chi connectivity index (χ0v) is 14.5. The molecule has 22 heavy (non-hydrogen) atoms. The number of rotatable bonds is 3. The van der Waals surface area contributed by atoms with Gasteiger partial charge in [0.15, 0.2) is 5.82 Å². The minimum atomic E-state index is 0.215. The molecular weight excluding hydrogens is 391 g/mol. The molecule has 1 aliphatic heterocycles. The lowest BCUT2D eigenvalue weighted by atomic mass is 9.98. The Kier molecular flexibility index (Phi) is 4.56. The van der Waals surface area contributed by atoms with Crippen molar-refractivity contribution in [2.75, 3.05) is 17.5 Å². The van der Waals surface area contributed by atoms with Gasteiger partial charge >= 0.3 is 0 Å². The van der Waals surface area contributed by atoms with E-state index in [1.165, 1.54) is 11.1 Å². The number of amides is 1. The highest BCUT2D eigenvalue weighted by Crippen LogP contribution is 2.24. The summed E-state index contributed by atoms with van der Waals surface area (Å²) < 4.78 is 2.25. The Morgan fingerprint density at radius 1 is 1.27 bits per heavy atom. The fraction of sp³-hybridized carbons (Fsp3) is 0.312. The number of hydrogen-bond donors (Lipinski definition) is 0. The van der Waals surface area contributed by atoms with Gasteiger partial charge in [0.05, 0.1) is 4.43 Å². The van der Waals surface area contributed by atoms with Crippen LogP contribution in [0.3, 0.4) is 0 Å². The highest BCUT2D eigenvalue weighted by atomic mass is 127. The topological polar surface area (TPSA) is 51.0 Å². The fourth-order valence-electron chi connectivity index (χ4n) is 2.55. The Morgan fingerprint density at radius 3 is 2.55 bits per heavy atom. The van der Waals surface area contributed by atoms with E-state index < -0.39 is 0 Å². The first-order chi connectivity index (χ1) is 10.7. The van der Waals surface area contributed by atoms with E-state index in [2.05, 4.69) is 50.9 Å². The first-order valence-electron chi connectivity index (χ1n) is 7.16. The lowest BCUT2D eigenvalue weighted by Gasteiger charge is -2.26. The quantitative estimate of drug-likeness (QED) is 0.580. The van der Waals surface area contributed by atoms with Crippen molar-refractivity contribution >= 4 is 34.1 Å². The second kappa shape index (κ2) is 6.60. The molecule has 0 saturated heterocycles. The van der Waals surface area contributed by atoms with Gasteiger partial charge in [0, 0.05) is 25.7 Å². The fourth-order valence-corrected chi connectivity index (χ4v) is 3.03. The lowest BCUT2D eigenvalue weighted by Crippen LogP contribution is -2.35. The minimum Gasteiger partial charge on any atom is -0.338 e. The van der Waals surface area contributed by atoms with Crippen LogP contribution >= 0.6 is 22.6 Å². The summed E-state index contributed by atoms with van der Waals surface area (Å²) in [6.45, 7) is 1.51. The van der Waals surface area contributed by atoms with E-state index in [0.717, 1.165) is 24.4 Å². The molecule has 0 bridgehead atoms. The van der Waals surface area contributed by atoms with Crippen molar-refractivity contribution < 1.29 is 4.79 Å². The van der Waals surface area contributed by atoms with Crippen molar-refractivity contribution in [3.63, 3.8) is 0 Å². The van der Waals surface area contributed by atoms with E-state index in [-0.39, 0.29) is 5.91 Å².